The van der Waals surface area contributed by atoms with E-state index in [1.54, 1.807) is 42.5 Å². The highest BCUT2D eigenvalue weighted by Gasteiger charge is 2.29. The van der Waals surface area contributed by atoms with Crippen LogP contribution in [0.25, 0.3) is 0 Å². The molecular weight excluding hydrogens is 436 g/mol. The fourth-order valence-corrected chi connectivity index (χ4v) is 3.96. The first-order valence-electron chi connectivity index (χ1n) is 7.98. The molecule has 7 nitrogen and oxygen atoms in total. The second kappa shape index (κ2) is 8.01. The Morgan fingerprint density at radius 2 is 1.78 bits per heavy atom. The van der Waals surface area contributed by atoms with Crippen LogP contribution < -0.4 is 4.72 Å². The molecule has 1 heterocycles. The van der Waals surface area contributed by atoms with Crippen molar-refractivity contribution < 1.29 is 22.7 Å². The number of sulfonamides is 1. The van der Waals surface area contributed by atoms with Crippen molar-refractivity contribution in [3.05, 3.63) is 64.1 Å². The predicted octanol–water partition coefficient (Wildman–Crippen LogP) is 2.30. The minimum absolute atomic E-state index is 0.0392. The maximum atomic E-state index is 12.0. The van der Waals surface area contributed by atoms with Gasteiger partial charge in [0.15, 0.2) is 12.4 Å². The lowest BCUT2D eigenvalue weighted by molar-refractivity contribution is -0.142. The summed E-state index contributed by atoms with van der Waals surface area (Å²) < 4.78 is 32.1. The zero-order valence-corrected chi connectivity index (χ0v) is 16.4. The molecule has 27 heavy (non-hydrogen) atoms. The molecule has 0 amide bonds. The fourth-order valence-electron chi connectivity index (χ4n) is 2.45. The number of nitrogens with zero attached hydrogens (tertiary/aromatic N) is 1. The molecule has 3 rings (SSSR count). The Balaban J connectivity index is 1.52. The number of amidine groups is 1. The number of ketones is 1. The molecule has 0 aliphatic carbocycles. The molecule has 2 aromatic rings. The first-order chi connectivity index (χ1) is 12.9. The smallest absolute Gasteiger partial charge is 0.308 e. The third-order valence-electron chi connectivity index (χ3n) is 3.78. The molecule has 2 aromatic carbocycles. The topological polar surface area (TPSA) is 102 Å². The third-order valence-corrected chi connectivity index (χ3v) is 5.70. The van der Waals surface area contributed by atoms with Crippen molar-refractivity contribution in [2.45, 2.75) is 11.3 Å². The van der Waals surface area contributed by atoms with Gasteiger partial charge in [0, 0.05) is 15.6 Å². The largest absolute Gasteiger partial charge is 0.457 e. The van der Waals surface area contributed by atoms with Crippen molar-refractivity contribution in [3.63, 3.8) is 0 Å². The van der Waals surface area contributed by atoms with Crippen LogP contribution in [0.1, 0.15) is 22.3 Å². The standard InChI is InChI=1S/C18H15BrN2O5S/c19-13-7-5-12(6-8-13)15(22)11-26-17(23)9-10-20-18-14-3-1-2-4-16(14)27(24,25)21-18/h1-8H,9-11H2,(H,20,21). The van der Waals surface area contributed by atoms with Crippen molar-refractivity contribution in [2.24, 2.45) is 4.99 Å². The number of nitrogens with one attached hydrogen (secondary N) is 1. The highest BCUT2D eigenvalue weighted by atomic mass is 79.9. The zero-order chi connectivity index (χ0) is 19.4. The summed E-state index contributed by atoms with van der Waals surface area (Å²) in [7, 11) is -3.61. The van der Waals surface area contributed by atoms with Gasteiger partial charge in [-0.15, -0.1) is 0 Å². The van der Waals surface area contributed by atoms with E-state index in [1.165, 1.54) is 6.07 Å². The van der Waals surface area contributed by atoms with E-state index < -0.39 is 16.0 Å². The molecule has 1 aliphatic rings. The van der Waals surface area contributed by atoms with Crippen molar-refractivity contribution >= 4 is 43.5 Å². The quantitative estimate of drug-likeness (QED) is 0.537. The molecule has 0 unspecified atom stereocenters. The maximum Gasteiger partial charge on any atom is 0.308 e. The molecule has 1 aliphatic heterocycles. The summed E-state index contributed by atoms with van der Waals surface area (Å²) in [5.74, 6) is -0.692. The molecule has 0 spiro atoms. The summed E-state index contributed by atoms with van der Waals surface area (Å²) in [5, 5.41) is 0. The van der Waals surface area contributed by atoms with E-state index in [2.05, 4.69) is 25.6 Å². The van der Waals surface area contributed by atoms with E-state index in [4.69, 9.17) is 4.74 Å². The summed E-state index contributed by atoms with van der Waals surface area (Å²) in [6.45, 7) is -0.315. The van der Waals surface area contributed by atoms with Crippen LogP contribution in [0.5, 0.6) is 0 Å². The molecule has 0 radical (unpaired) electrons. The number of rotatable bonds is 6. The van der Waals surface area contributed by atoms with Crippen LogP contribution in [0.4, 0.5) is 0 Å². The molecule has 140 valence electrons. The van der Waals surface area contributed by atoms with Crippen LogP contribution in [0.15, 0.2) is 62.9 Å². The van der Waals surface area contributed by atoms with Gasteiger partial charge in [0.2, 0.25) is 0 Å². The van der Waals surface area contributed by atoms with E-state index >= 15 is 0 Å². The molecule has 0 fully saturated rings. The van der Waals surface area contributed by atoms with Crippen LogP contribution >= 0.6 is 15.9 Å². The number of aliphatic imine (C=N–C) groups is 1. The molecule has 0 saturated carbocycles. The molecular formula is C18H15BrN2O5S. The highest BCUT2D eigenvalue weighted by Crippen LogP contribution is 2.22. The van der Waals surface area contributed by atoms with Crippen molar-refractivity contribution in [1.82, 2.24) is 4.72 Å². The third kappa shape index (κ3) is 4.61. The second-order valence-electron chi connectivity index (χ2n) is 5.67. The molecule has 1 N–H and O–H groups in total. The van der Waals surface area contributed by atoms with Gasteiger partial charge in [-0.25, -0.2) is 8.42 Å². The maximum absolute atomic E-state index is 12.0. The Bertz CT molecular complexity index is 1020. The fraction of sp³-hybridized carbons (Fsp3) is 0.167. The van der Waals surface area contributed by atoms with Crippen LogP contribution in [0.3, 0.4) is 0 Å². The number of Topliss-reactive ketones (excluding diaryl/α,β-unsaturated/α-hetero) is 1. The van der Waals surface area contributed by atoms with E-state index in [0.29, 0.717) is 11.1 Å². The predicted molar refractivity (Wildman–Crippen MR) is 102 cm³/mol. The summed E-state index contributed by atoms with van der Waals surface area (Å²) >= 11 is 3.28. The summed E-state index contributed by atoms with van der Waals surface area (Å²) in [5.41, 5.74) is 0.916. The number of hydrogen-bond donors (Lipinski definition) is 1. The molecule has 0 saturated heterocycles. The van der Waals surface area contributed by atoms with Gasteiger partial charge in [0.1, 0.15) is 5.84 Å². The Hall–Kier alpha value is -2.52. The Kier molecular flexibility index (Phi) is 5.71. The monoisotopic (exact) mass is 450 g/mol. The Morgan fingerprint density at radius 1 is 1.07 bits per heavy atom. The average Bonchev–Trinajstić information content (AvgIpc) is 2.91. The number of hydrogen-bond acceptors (Lipinski definition) is 6. The summed E-state index contributed by atoms with van der Waals surface area (Å²) in [6, 6.07) is 13.2. The number of fused-ring (bicyclic) bond motifs is 1. The molecule has 0 atom stereocenters. The minimum Gasteiger partial charge on any atom is -0.457 e. The van der Waals surface area contributed by atoms with E-state index in [1.807, 2.05) is 0 Å². The molecule has 0 bridgehead atoms. The average molecular weight is 451 g/mol. The normalized spacial score (nSPS) is 15.8. The zero-order valence-electron chi connectivity index (χ0n) is 14.0. The lowest BCUT2D eigenvalue weighted by Crippen LogP contribution is -2.22. The number of ether oxygens (including phenoxy) is 1. The first-order valence-corrected chi connectivity index (χ1v) is 10.3. The molecule has 9 heteroatoms. The lowest BCUT2D eigenvalue weighted by atomic mass is 10.1. The lowest BCUT2D eigenvalue weighted by Gasteiger charge is -2.04. The van der Waals surface area contributed by atoms with E-state index in [9.17, 15) is 18.0 Å². The van der Waals surface area contributed by atoms with E-state index in [0.717, 1.165) is 4.47 Å². The number of benzene rings is 2. The van der Waals surface area contributed by atoms with Crippen LogP contribution in [-0.2, 0) is 19.6 Å². The number of carbonyl (C=O) groups excluding carboxylic acids is 2. The van der Waals surface area contributed by atoms with Gasteiger partial charge >= 0.3 is 5.97 Å². The van der Waals surface area contributed by atoms with Gasteiger partial charge in [-0.3, -0.25) is 19.3 Å². The second-order valence-corrected chi connectivity index (χ2v) is 8.24. The summed E-state index contributed by atoms with van der Waals surface area (Å²) in [4.78, 5) is 28.0. The number of esters is 1. The van der Waals surface area contributed by atoms with Crippen LogP contribution in [-0.4, -0.2) is 39.2 Å². The molecule has 0 aromatic heterocycles. The van der Waals surface area contributed by atoms with E-state index in [-0.39, 0.29) is 36.1 Å². The van der Waals surface area contributed by atoms with Crippen LogP contribution in [0.2, 0.25) is 0 Å². The Labute approximate surface area is 164 Å². The minimum atomic E-state index is -3.61. The van der Waals surface area contributed by atoms with Crippen molar-refractivity contribution in [1.29, 1.82) is 0 Å². The van der Waals surface area contributed by atoms with Gasteiger partial charge in [-0.05, 0) is 24.3 Å². The summed E-state index contributed by atoms with van der Waals surface area (Å²) in [6.07, 6.45) is -0.0684. The van der Waals surface area contributed by atoms with Gasteiger partial charge in [-0.2, -0.15) is 0 Å². The van der Waals surface area contributed by atoms with Gasteiger partial charge < -0.3 is 4.74 Å². The first kappa shape index (κ1) is 19.2. The van der Waals surface area contributed by atoms with Crippen molar-refractivity contribution in [3.8, 4) is 0 Å². The van der Waals surface area contributed by atoms with Crippen molar-refractivity contribution in [2.75, 3.05) is 13.2 Å². The van der Waals surface area contributed by atoms with Gasteiger partial charge in [0.25, 0.3) is 10.0 Å². The van der Waals surface area contributed by atoms with Gasteiger partial charge in [-0.1, -0.05) is 40.2 Å². The number of halogens is 1. The van der Waals surface area contributed by atoms with Crippen LogP contribution in [0, 0.1) is 0 Å². The number of carbonyl (C=O) groups is 2. The van der Waals surface area contributed by atoms with Gasteiger partial charge in [0.05, 0.1) is 17.9 Å². The highest BCUT2D eigenvalue weighted by molar-refractivity contribution is 9.10. The SMILES string of the molecule is O=C(CCN=C1NS(=O)(=O)c2ccccc21)OCC(=O)c1ccc(Br)cc1. The Morgan fingerprint density at radius 3 is 2.52 bits per heavy atom.